The zero-order valence-corrected chi connectivity index (χ0v) is 12.0. The molecule has 3 rings (SSSR count). The molecular weight excluding hydrogens is 279 g/mol. The molecule has 4 heteroatoms. The molecule has 1 aromatic heterocycles. The summed E-state index contributed by atoms with van der Waals surface area (Å²) in [5.74, 6) is -0.459. The minimum absolute atomic E-state index is 0.0971. The van der Waals surface area contributed by atoms with Gasteiger partial charge >= 0.3 is 0 Å². The smallest absolute Gasteiger partial charge is 0.161 e. The van der Waals surface area contributed by atoms with Crippen LogP contribution in [0.25, 0.3) is 10.9 Å². The molecule has 0 spiro atoms. The highest BCUT2D eigenvalue weighted by Crippen LogP contribution is 2.24. The molecule has 3 nitrogen and oxygen atoms in total. The maximum Gasteiger partial charge on any atom is 0.161 e. The molecule has 0 saturated carbocycles. The van der Waals surface area contributed by atoms with Gasteiger partial charge in [0.2, 0.25) is 0 Å². The van der Waals surface area contributed by atoms with Gasteiger partial charge in [-0.25, -0.2) is 4.39 Å². The van der Waals surface area contributed by atoms with Gasteiger partial charge in [-0.15, -0.1) is 0 Å². The highest BCUT2D eigenvalue weighted by Gasteiger charge is 2.13. The number of carbonyl (C=O) groups is 1. The van der Waals surface area contributed by atoms with E-state index in [-0.39, 0.29) is 11.6 Å². The lowest BCUT2D eigenvalue weighted by Crippen LogP contribution is -1.98. The quantitative estimate of drug-likeness (QED) is 0.687. The Kier molecular flexibility index (Phi) is 3.48. The summed E-state index contributed by atoms with van der Waals surface area (Å²) in [4.78, 5) is 11.8. The molecule has 0 aliphatic heterocycles. The monoisotopic (exact) mass is 292 g/mol. The average molecular weight is 292 g/mol. The Hall–Kier alpha value is -2.93. The van der Waals surface area contributed by atoms with Crippen LogP contribution in [-0.2, 0) is 6.54 Å². The van der Waals surface area contributed by atoms with Gasteiger partial charge in [0.25, 0.3) is 0 Å². The van der Waals surface area contributed by atoms with E-state index in [0.717, 1.165) is 11.1 Å². The molecule has 0 unspecified atom stereocenters. The third-order valence-electron chi connectivity index (χ3n) is 3.63. The number of ketones is 1. The zero-order valence-electron chi connectivity index (χ0n) is 12.0. The van der Waals surface area contributed by atoms with Crippen molar-refractivity contribution in [3.05, 3.63) is 71.2 Å². The average Bonchev–Trinajstić information content (AvgIpc) is 2.85. The molecule has 22 heavy (non-hydrogen) atoms. The number of nitrogens with zero attached hydrogens (tertiary/aromatic N) is 2. The Morgan fingerprint density at radius 2 is 2.09 bits per heavy atom. The third-order valence-corrected chi connectivity index (χ3v) is 3.63. The lowest BCUT2D eigenvalue weighted by atomic mass is 10.1. The molecule has 0 aliphatic carbocycles. The van der Waals surface area contributed by atoms with Crippen molar-refractivity contribution in [1.29, 1.82) is 5.26 Å². The molecule has 108 valence electrons. The van der Waals surface area contributed by atoms with E-state index in [1.165, 1.54) is 19.1 Å². The summed E-state index contributed by atoms with van der Waals surface area (Å²) in [6.45, 7) is 1.99. The number of Topliss-reactive ketones (excluding diaryl/α,β-unsaturated/α-hetero) is 1. The molecule has 0 fully saturated rings. The van der Waals surface area contributed by atoms with Gasteiger partial charge in [-0.05, 0) is 42.8 Å². The second-order valence-electron chi connectivity index (χ2n) is 5.20. The van der Waals surface area contributed by atoms with Crippen molar-refractivity contribution in [2.45, 2.75) is 13.5 Å². The number of fused-ring (bicyclic) bond motifs is 1. The van der Waals surface area contributed by atoms with Crippen LogP contribution in [0, 0.1) is 17.1 Å². The number of nitriles is 1. The number of halogens is 1. The molecule has 0 bridgehead atoms. The molecule has 0 saturated heterocycles. The summed E-state index contributed by atoms with van der Waals surface area (Å²) >= 11 is 0. The molecule has 0 aliphatic rings. The molecule has 2 aromatic carbocycles. The van der Waals surface area contributed by atoms with E-state index < -0.39 is 0 Å². The van der Waals surface area contributed by atoms with Crippen LogP contribution in [0.15, 0.2) is 48.7 Å². The molecular formula is C18H13FN2O. The molecule has 3 aromatic rings. The fraction of sp³-hybridized carbons (Fsp3) is 0.111. The lowest BCUT2D eigenvalue weighted by Gasteiger charge is -2.06. The first-order valence-corrected chi connectivity index (χ1v) is 6.87. The maximum atomic E-state index is 13.5. The molecule has 1 heterocycles. The highest BCUT2D eigenvalue weighted by atomic mass is 19.1. The fourth-order valence-electron chi connectivity index (χ4n) is 2.62. The number of benzene rings is 2. The molecule has 0 N–H and O–H groups in total. The summed E-state index contributed by atoms with van der Waals surface area (Å²) in [5.41, 5.74) is 2.85. The van der Waals surface area contributed by atoms with Crippen molar-refractivity contribution in [2.24, 2.45) is 0 Å². The van der Waals surface area contributed by atoms with Gasteiger partial charge in [0.1, 0.15) is 5.82 Å². The first-order chi connectivity index (χ1) is 10.6. The second-order valence-corrected chi connectivity index (χ2v) is 5.20. The van der Waals surface area contributed by atoms with Gasteiger partial charge in [0, 0.05) is 29.2 Å². The Morgan fingerprint density at radius 3 is 2.82 bits per heavy atom. The highest BCUT2D eigenvalue weighted by molar-refractivity contribution is 6.07. The van der Waals surface area contributed by atoms with Crippen LogP contribution in [-0.4, -0.2) is 10.4 Å². The first-order valence-electron chi connectivity index (χ1n) is 6.87. The van der Waals surface area contributed by atoms with E-state index in [1.807, 2.05) is 22.8 Å². The predicted molar refractivity (Wildman–Crippen MR) is 82.2 cm³/mol. The van der Waals surface area contributed by atoms with Crippen molar-refractivity contribution in [1.82, 2.24) is 4.57 Å². The zero-order chi connectivity index (χ0) is 15.7. The summed E-state index contributed by atoms with van der Waals surface area (Å²) in [5, 5.41) is 9.58. The van der Waals surface area contributed by atoms with Crippen LogP contribution in [0.3, 0.4) is 0 Å². The van der Waals surface area contributed by atoms with Gasteiger partial charge in [-0.2, -0.15) is 5.26 Å². The number of hydrogen-bond acceptors (Lipinski definition) is 2. The van der Waals surface area contributed by atoms with Crippen molar-refractivity contribution >= 4 is 16.7 Å². The minimum atomic E-state index is -0.362. The van der Waals surface area contributed by atoms with E-state index in [4.69, 9.17) is 5.26 Å². The van der Waals surface area contributed by atoms with Crippen molar-refractivity contribution in [2.75, 3.05) is 0 Å². The Labute approximate surface area is 127 Å². The van der Waals surface area contributed by atoms with Gasteiger partial charge in [-0.1, -0.05) is 12.1 Å². The van der Waals surface area contributed by atoms with Gasteiger partial charge in [0.15, 0.2) is 5.78 Å². The van der Waals surface area contributed by atoms with Gasteiger partial charge in [0.05, 0.1) is 11.6 Å². The SMILES string of the molecule is CC(=O)c1cn(Cc2cccc(C#N)c2)c2ccc(F)cc12. The van der Waals surface area contributed by atoms with E-state index in [1.54, 1.807) is 18.3 Å². The second kappa shape index (κ2) is 5.45. The minimum Gasteiger partial charge on any atom is -0.342 e. The van der Waals surface area contributed by atoms with Crippen LogP contribution in [0.4, 0.5) is 4.39 Å². The predicted octanol–water partition coefficient (Wildman–Crippen LogP) is 3.90. The number of aromatic nitrogens is 1. The largest absolute Gasteiger partial charge is 0.342 e. The number of carbonyl (C=O) groups excluding carboxylic acids is 1. The first kappa shape index (κ1) is 14.0. The van der Waals surface area contributed by atoms with Crippen LogP contribution in [0.5, 0.6) is 0 Å². The summed E-state index contributed by atoms with van der Waals surface area (Å²) < 4.78 is 15.4. The maximum absolute atomic E-state index is 13.5. The Bertz CT molecular complexity index is 918. The van der Waals surface area contributed by atoms with Crippen molar-refractivity contribution in [3.8, 4) is 6.07 Å². The Balaban J connectivity index is 2.11. The fourth-order valence-corrected chi connectivity index (χ4v) is 2.62. The van der Waals surface area contributed by atoms with Gasteiger partial charge < -0.3 is 4.57 Å². The lowest BCUT2D eigenvalue weighted by molar-refractivity contribution is 0.101. The molecule has 0 amide bonds. The Morgan fingerprint density at radius 1 is 1.27 bits per heavy atom. The normalized spacial score (nSPS) is 10.6. The van der Waals surface area contributed by atoms with E-state index >= 15 is 0 Å². The van der Waals surface area contributed by atoms with Crippen LogP contribution < -0.4 is 0 Å². The van der Waals surface area contributed by atoms with Crippen molar-refractivity contribution in [3.63, 3.8) is 0 Å². The van der Waals surface area contributed by atoms with E-state index in [2.05, 4.69) is 6.07 Å². The standard InChI is InChI=1S/C18H13FN2O/c1-12(22)17-11-21(18-6-5-15(19)8-16(17)18)10-14-4-2-3-13(7-14)9-20/h2-8,11H,10H2,1H3. The van der Waals surface area contributed by atoms with Crippen LogP contribution >= 0.6 is 0 Å². The summed E-state index contributed by atoms with van der Waals surface area (Å²) in [6.07, 6.45) is 1.74. The van der Waals surface area contributed by atoms with Crippen LogP contribution in [0.2, 0.25) is 0 Å². The topological polar surface area (TPSA) is 45.8 Å². The van der Waals surface area contributed by atoms with E-state index in [0.29, 0.717) is 23.1 Å². The summed E-state index contributed by atoms with van der Waals surface area (Å²) in [6, 6.07) is 13.8. The molecule has 0 atom stereocenters. The number of hydrogen-bond donors (Lipinski definition) is 0. The molecule has 0 radical (unpaired) electrons. The van der Waals surface area contributed by atoms with Gasteiger partial charge in [-0.3, -0.25) is 4.79 Å². The van der Waals surface area contributed by atoms with E-state index in [9.17, 15) is 9.18 Å². The van der Waals surface area contributed by atoms with Crippen molar-refractivity contribution < 1.29 is 9.18 Å². The third kappa shape index (κ3) is 2.49. The summed E-state index contributed by atoms with van der Waals surface area (Å²) in [7, 11) is 0. The number of rotatable bonds is 3. The van der Waals surface area contributed by atoms with Crippen LogP contribution in [0.1, 0.15) is 28.4 Å².